The zero-order valence-electron chi connectivity index (χ0n) is 10.4. The second-order valence-electron chi connectivity index (χ2n) is 4.47. The SMILES string of the molecule is C=CC(=O)OC[N+](C)(C)C(C)CCS(=O)(=O)[O-]. The number of nitrogens with zero attached hydrogens (tertiary/aromatic N) is 1. The molecule has 0 aliphatic carbocycles. The predicted molar refractivity (Wildman–Crippen MR) is 61.9 cm³/mol. The van der Waals surface area contributed by atoms with Gasteiger partial charge in [-0.05, 0) is 6.92 Å². The first kappa shape index (κ1) is 16.1. The summed E-state index contributed by atoms with van der Waals surface area (Å²) in [4.78, 5) is 10.9. The normalized spacial score (nSPS) is 14.1. The minimum Gasteiger partial charge on any atom is -0.748 e. The molecule has 0 fully saturated rings. The lowest BCUT2D eigenvalue weighted by Gasteiger charge is -2.35. The van der Waals surface area contributed by atoms with Crippen LogP contribution in [0.25, 0.3) is 0 Å². The average Bonchev–Trinajstić information content (AvgIpc) is 2.21. The zero-order chi connectivity index (χ0) is 13.7. The number of carbonyl (C=O) groups is 1. The molecule has 0 aliphatic heterocycles. The Morgan fingerprint density at radius 2 is 2.06 bits per heavy atom. The van der Waals surface area contributed by atoms with Gasteiger partial charge in [0.2, 0.25) is 6.73 Å². The fraction of sp³-hybridized carbons (Fsp3) is 0.700. The molecule has 0 saturated carbocycles. The standard InChI is InChI=1S/C10H19NO5S/c1-5-10(12)16-8-11(3,4)9(2)6-7-17(13,14)15/h5,9H,1,6-8H2,2-4H3. The van der Waals surface area contributed by atoms with Crippen LogP contribution in [0.5, 0.6) is 0 Å². The average molecular weight is 265 g/mol. The topological polar surface area (TPSA) is 83.5 Å². The molecule has 6 nitrogen and oxygen atoms in total. The maximum Gasteiger partial charge on any atom is 0.334 e. The maximum atomic E-state index is 10.9. The van der Waals surface area contributed by atoms with Crippen LogP contribution in [0.4, 0.5) is 0 Å². The molecule has 0 aromatic rings. The number of hydrogen-bond acceptors (Lipinski definition) is 5. The number of rotatable bonds is 7. The van der Waals surface area contributed by atoms with Gasteiger partial charge in [-0.3, -0.25) is 4.48 Å². The molecule has 0 aromatic heterocycles. The van der Waals surface area contributed by atoms with E-state index in [2.05, 4.69) is 6.58 Å². The molecule has 0 heterocycles. The Morgan fingerprint density at radius 3 is 2.47 bits per heavy atom. The Kier molecular flexibility index (Phi) is 5.80. The Bertz CT molecular complexity index is 374. The summed E-state index contributed by atoms with van der Waals surface area (Å²) in [6.45, 7) is 5.17. The summed E-state index contributed by atoms with van der Waals surface area (Å²) >= 11 is 0. The van der Waals surface area contributed by atoms with Gasteiger partial charge >= 0.3 is 5.97 Å². The maximum absolute atomic E-state index is 10.9. The summed E-state index contributed by atoms with van der Waals surface area (Å²) in [6, 6.07) is -0.114. The van der Waals surface area contributed by atoms with E-state index >= 15 is 0 Å². The highest BCUT2D eigenvalue weighted by Gasteiger charge is 2.25. The molecule has 0 rings (SSSR count). The van der Waals surface area contributed by atoms with E-state index in [1.165, 1.54) is 0 Å². The lowest BCUT2D eigenvalue weighted by molar-refractivity contribution is -0.929. The van der Waals surface area contributed by atoms with Gasteiger partial charge in [0.25, 0.3) is 0 Å². The van der Waals surface area contributed by atoms with Crippen LogP contribution in [-0.2, 0) is 19.6 Å². The molecule has 17 heavy (non-hydrogen) atoms. The summed E-state index contributed by atoms with van der Waals surface area (Å²) in [7, 11) is -0.619. The van der Waals surface area contributed by atoms with E-state index in [0.717, 1.165) is 6.08 Å². The van der Waals surface area contributed by atoms with Crippen molar-refractivity contribution in [3.63, 3.8) is 0 Å². The molecule has 0 bridgehead atoms. The van der Waals surface area contributed by atoms with Crippen LogP contribution < -0.4 is 0 Å². The Hall–Kier alpha value is -0.920. The quantitative estimate of drug-likeness (QED) is 0.214. The van der Waals surface area contributed by atoms with E-state index < -0.39 is 21.8 Å². The second-order valence-corrected chi connectivity index (χ2v) is 6.00. The molecular weight excluding hydrogens is 246 g/mol. The molecule has 100 valence electrons. The van der Waals surface area contributed by atoms with Crippen molar-refractivity contribution in [1.82, 2.24) is 0 Å². The molecule has 0 aromatic carbocycles. The first-order valence-corrected chi connectivity index (χ1v) is 6.71. The summed E-state index contributed by atoms with van der Waals surface area (Å²) < 4.78 is 36.7. The van der Waals surface area contributed by atoms with Crippen molar-refractivity contribution < 1.29 is 27.0 Å². The number of carbonyl (C=O) groups excluding carboxylic acids is 1. The third-order valence-corrected chi connectivity index (χ3v) is 3.42. The molecule has 1 unspecified atom stereocenters. The van der Waals surface area contributed by atoms with Gasteiger partial charge in [0.15, 0.2) is 0 Å². The van der Waals surface area contributed by atoms with Crippen molar-refractivity contribution in [1.29, 1.82) is 0 Å². The summed E-state index contributed by atoms with van der Waals surface area (Å²) in [5, 5.41) is 0. The summed E-state index contributed by atoms with van der Waals surface area (Å²) in [6.07, 6.45) is 1.29. The molecule has 0 spiro atoms. The van der Waals surface area contributed by atoms with Crippen molar-refractivity contribution in [3.05, 3.63) is 12.7 Å². The second kappa shape index (κ2) is 6.13. The number of quaternary nitrogens is 1. The highest BCUT2D eigenvalue weighted by molar-refractivity contribution is 7.85. The fourth-order valence-electron chi connectivity index (χ4n) is 1.08. The molecule has 0 N–H and O–H groups in total. The Balaban J connectivity index is 4.29. The van der Waals surface area contributed by atoms with Crippen molar-refractivity contribution in [2.45, 2.75) is 19.4 Å². The predicted octanol–water partition coefficient (Wildman–Crippen LogP) is 0.0733. The first-order valence-electron chi connectivity index (χ1n) is 5.14. The lowest BCUT2D eigenvalue weighted by Crippen LogP contribution is -2.49. The van der Waals surface area contributed by atoms with E-state index in [-0.39, 0.29) is 23.7 Å². The van der Waals surface area contributed by atoms with E-state index in [0.29, 0.717) is 0 Å². The van der Waals surface area contributed by atoms with Crippen LogP contribution in [0.15, 0.2) is 12.7 Å². The number of hydrogen-bond donors (Lipinski definition) is 0. The van der Waals surface area contributed by atoms with Crippen LogP contribution >= 0.6 is 0 Å². The van der Waals surface area contributed by atoms with Crippen LogP contribution in [0.2, 0.25) is 0 Å². The molecule has 0 radical (unpaired) electrons. The Morgan fingerprint density at radius 1 is 1.53 bits per heavy atom. The van der Waals surface area contributed by atoms with Gasteiger partial charge in [-0.25, -0.2) is 13.2 Å². The van der Waals surface area contributed by atoms with Gasteiger partial charge < -0.3 is 9.29 Å². The molecule has 7 heteroatoms. The van der Waals surface area contributed by atoms with Gasteiger partial charge in [0, 0.05) is 18.2 Å². The van der Waals surface area contributed by atoms with Gasteiger partial charge in [-0.2, -0.15) is 0 Å². The first-order chi connectivity index (χ1) is 7.58. The number of ether oxygens (including phenoxy) is 1. The van der Waals surface area contributed by atoms with Gasteiger partial charge in [-0.15, -0.1) is 0 Å². The van der Waals surface area contributed by atoms with E-state index in [4.69, 9.17) is 4.74 Å². The van der Waals surface area contributed by atoms with E-state index in [1.54, 1.807) is 21.0 Å². The number of esters is 1. The van der Waals surface area contributed by atoms with Crippen molar-refractivity contribution in [3.8, 4) is 0 Å². The molecule has 0 saturated heterocycles. The van der Waals surface area contributed by atoms with Crippen molar-refractivity contribution >= 4 is 16.1 Å². The van der Waals surface area contributed by atoms with Crippen molar-refractivity contribution in [2.75, 3.05) is 26.6 Å². The molecule has 0 amide bonds. The largest absolute Gasteiger partial charge is 0.748 e. The van der Waals surface area contributed by atoms with Gasteiger partial charge in [0.05, 0.1) is 30.3 Å². The minimum atomic E-state index is -4.20. The van der Waals surface area contributed by atoms with Crippen LogP contribution in [-0.4, -0.2) is 56.0 Å². The van der Waals surface area contributed by atoms with Gasteiger partial charge in [0.1, 0.15) is 0 Å². The van der Waals surface area contributed by atoms with Crippen molar-refractivity contribution in [2.24, 2.45) is 0 Å². The third-order valence-electron chi connectivity index (χ3n) is 2.69. The van der Waals surface area contributed by atoms with Crippen LogP contribution in [0.1, 0.15) is 13.3 Å². The summed E-state index contributed by atoms with van der Waals surface area (Å²) in [5.74, 6) is -0.939. The highest BCUT2D eigenvalue weighted by atomic mass is 32.2. The van der Waals surface area contributed by atoms with Crippen LogP contribution in [0.3, 0.4) is 0 Å². The van der Waals surface area contributed by atoms with E-state index in [9.17, 15) is 17.8 Å². The van der Waals surface area contributed by atoms with E-state index in [1.807, 2.05) is 0 Å². The molecule has 1 atom stereocenters. The smallest absolute Gasteiger partial charge is 0.334 e. The minimum absolute atomic E-state index is 0.102. The Labute approximate surface area is 102 Å². The third kappa shape index (κ3) is 7.09. The van der Waals surface area contributed by atoms with Gasteiger partial charge in [-0.1, -0.05) is 6.58 Å². The lowest BCUT2D eigenvalue weighted by atomic mass is 10.2. The van der Waals surface area contributed by atoms with Crippen LogP contribution in [0, 0.1) is 0 Å². The fourth-order valence-corrected chi connectivity index (χ4v) is 1.71. The molecular formula is C10H19NO5S. The monoisotopic (exact) mass is 265 g/mol. The highest BCUT2D eigenvalue weighted by Crippen LogP contribution is 2.11. The zero-order valence-corrected chi connectivity index (χ0v) is 11.2. The summed E-state index contributed by atoms with van der Waals surface area (Å²) in [5.41, 5.74) is 0. The molecule has 0 aliphatic rings.